The Morgan fingerprint density at radius 2 is 1.17 bits per heavy atom. The maximum Gasteiger partial charge on any atom is 0.159 e. The zero-order valence-electron chi connectivity index (χ0n) is 56.6. The van der Waals surface area contributed by atoms with Crippen LogP contribution in [0.3, 0.4) is 0 Å². The van der Waals surface area contributed by atoms with Gasteiger partial charge in [-0.05, 0) is 118 Å². The molecule has 0 N–H and O–H groups in total. The van der Waals surface area contributed by atoms with Gasteiger partial charge in [-0.1, -0.05) is 134 Å². The zero-order chi connectivity index (χ0) is 61.2. The van der Waals surface area contributed by atoms with E-state index in [0.29, 0.717) is 0 Å². The van der Waals surface area contributed by atoms with E-state index >= 15 is 0 Å². The zero-order valence-corrected chi connectivity index (χ0v) is 35.4. The molecule has 7 aromatic carbocycles. The van der Waals surface area contributed by atoms with E-state index in [4.69, 9.17) is 24.2 Å². The molecule has 0 saturated heterocycles. The lowest BCUT2D eigenvalue weighted by molar-refractivity contribution is 0.590. The summed E-state index contributed by atoms with van der Waals surface area (Å²) < 4.78 is 216. The fraction of sp³-hybridized carbons (Fsp3) is 0.236. The van der Waals surface area contributed by atoms with Gasteiger partial charge in [-0.2, -0.15) is 0 Å². The Hall–Kier alpha value is -5.97. The Labute approximate surface area is 389 Å². The molecule has 3 heterocycles. The molecule has 0 amide bonds. The van der Waals surface area contributed by atoms with Crippen LogP contribution in [-0.2, 0) is 16.2 Å². The van der Waals surface area contributed by atoms with Gasteiger partial charge in [0.15, 0.2) is 5.58 Å². The molecule has 0 spiro atoms. The number of fused-ring (bicyclic) bond motifs is 8. The Morgan fingerprint density at radius 3 is 1.88 bits per heavy atom. The van der Waals surface area contributed by atoms with E-state index < -0.39 is 192 Å². The number of anilines is 6. The first-order valence-electron chi connectivity index (χ1n) is 30.4. The topological polar surface area (TPSA) is 24.6 Å². The summed E-state index contributed by atoms with van der Waals surface area (Å²) in [5.41, 5.74) is -8.74. The predicted molar refractivity (Wildman–Crippen MR) is 257 cm³/mol. The van der Waals surface area contributed by atoms with Crippen molar-refractivity contribution in [2.45, 2.75) is 85.5 Å². The van der Waals surface area contributed by atoms with Crippen LogP contribution in [0.25, 0.3) is 49.4 Å². The lowest BCUT2D eigenvalue weighted by atomic mass is 9.84. The van der Waals surface area contributed by atoms with E-state index in [9.17, 15) is 21.9 Å². The van der Waals surface area contributed by atoms with Crippen molar-refractivity contribution < 1.29 is 34.6 Å². The molecule has 60 heavy (non-hydrogen) atoms. The van der Waals surface area contributed by atoms with E-state index in [2.05, 4.69) is 0 Å². The Morgan fingerprint density at radius 1 is 0.533 bits per heavy atom. The standard InChI is InChI=1S/C55H52ClN3O/c1-33-28-46(57(37-25-22-34(23-26-37)53(2,3)4)45-20-15-17-39-38-16-11-14-21-49(38)60-52(39)45)50(56)47(29-33)58-43-18-12-13-19-44(43)59-42-27-24-35(54(5,6)7)30-40(42)41-31-36(55(8,9)10)32-48(58)51(41)59/h11-32H,1-10H3/i11D,12D,13D,14D,15D,16D,17D,18D,19D,20D,21D,22D,23D,24D,25D,26D,27D,28D,29D,30D,31D,32D. The van der Waals surface area contributed by atoms with Gasteiger partial charge < -0.3 is 18.8 Å². The highest BCUT2D eigenvalue weighted by molar-refractivity contribution is 6.37. The lowest BCUT2D eigenvalue weighted by Crippen LogP contribution is -2.21. The number of rotatable bonds is 4. The molecule has 0 aliphatic carbocycles. The highest BCUT2D eigenvalue weighted by atomic mass is 35.5. The highest BCUT2D eigenvalue weighted by Crippen LogP contribution is 2.55. The molecule has 0 atom stereocenters. The Balaban J connectivity index is 1.51. The van der Waals surface area contributed by atoms with Gasteiger partial charge in [-0.15, -0.1) is 0 Å². The van der Waals surface area contributed by atoms with E-state index in [0.717, 1.165) is 9.80 Å². The molecule has 0 bridgehead atoms. The first-order valence-corrected chi connectivity index (χ1v) is 19.7. The van der Waals surface area contributed by atoms with Gasteiger partial charge in [0.05, 0.1) is 80.3 Å². The molecule has 10 rings (SSSR count). The van der Waals surface area contributed by atoms with Crippen LogP contribution in [0, 0.1) is 6.92 Å². The summed E-state index contributed by atoms with van der Waals surface area (Å²) in [5.74, 6) is 0. The average Bonchev–Trinajstić information content (AvgIpc) is 1.55. The van der Waals surface area contributed by atoms with Crippen molar-refractivity contribution in [2.75, 3.05) is 9.80 Å². The van der Waals surface area contributed by atoms with E-state index in [1.807, 2.05) is 0 Å². The lowest BCUT2D eigenvalue weighted by Gasteiger charge is -2.36. The van der Waals surface area contributed by atoms with Crippen molar-refractivity contribution >= 4 is 89.5 Å². The minimum atomic E-state index is -1.12. The van der Waals surface area contributed by atoms with Gasteiger partial charge >= 0.3 is 0 Å². The minimum absolute atomic E-state index is 0.0289. The van der Waals surface area contributed by atoms with Crippen LogP contribution in [0.15, 0.2) is 137 Å². The van der Waals surface area contributed by atoms with Gasteiger partial charge in [0.2, 0.25) is 0 Å². The molecule has 1 aliphatic heterocycles. The predicted octanol–water partition coefficient (Wildman–Crippen LogP) is 16.8. The fourth-order valence-corrected chi connectivity index (χ4v) is 7.65. The molecule has 0 radical (unpaired) electrons. The minimum Gasteiger partial charge on any atom is -0.454 e. The Kier molecular flexibility index (Phi) is 4.65. The van der Waals surface area contributed by atoms with Crippen LogP contribution < -0.4 is 9.80 Å². The van der Waals surface area contributed by atoms with Crippen LogP contribution in [0.1, 0.15) is 115 Å². The van der Waals surface area contributed by atoms with Gasteiger partial charge in [-0.25, -0.2) is 0 Å². The molecule has 2 aromatic heterocycles. The van der Waals surface area contributed by atoms with Gasteiger partial charge in [0.25, 0.3) is 0 Å². The summed E-state index contributed by atoms with van der Waals surface area (Å²) >= 11 is 7.87. The van der Waals surface area contributed by atoms with Crippen LogP contribution in [0.5, 0.6) is 0 Å². The van der Waals surface area contributed by atoms with E-state index in [1.54, 1.807) is 62.3 Å². The summed E-state index contributed by atoms with van der Waals surface area (Å²) in [6.45, 7) is 16.6. The molecule has 1 aliphatic rings. The van der Waals surface area contributed by atoms with Gasteiger partial charge in [0.1, 0.15) is 5.58 Å². The Bertz CT molecular complexity index is 4440. The summed E-state index contributed by atoms with van der Waals surface area (Å²) in [7, 11) is 0. The summed E-state index contributed by atoms with van der Waals surface area (Å²) in [5, 5.41) is -1.70. The maximum absolute atomic E-state index is 10.3. The van der Waals surface area contributed by atoms with Gasteiger partial charge in [0, 0.05) is 27.2 Å². The molecule has 4 nitrogen and oxygen atoms in total. The monoisotopic (exact) mass is 828 g/mol. The van der Waals surface area contributed by atoms with Crippen LogP contribution >= 0.6 is 11.6 Å². The molecular formula is C55H52ClN3O. The number of aromatic nitrogens is 1. The second kappa shape index (κ2) is 13.3. The molecular weight excluding hydrogens is 754 g/mol. The van der Waals surface area contributed by atoms with Gasteiger partial charge in [-0.3, -0.25) is 0 Å². The molecule has 5 heteroatoms. The SMILES string of the molecule is [2H]c1c([2H])c([2H])c2c(c1[2H])N(c1c([2H])c(C)c([2H])c(N(c3c([2H])c([2H])c(C(C)(C)C)c([2H])c3[2H])c3c([2H])c([2H])c([2H])c4c3oc3c([2H])c([2H])c([2H])c([2H])c34)c1Cl)c1c([2H])c(C(C)(C)C)c([2H])c3c4c([2H])c(C(C)(C)C)c([2H])c([2H])c4n-2c13. The molecule has 0 unspecified atom stereocenters. The third kappa shape index (κ3) is 5.94. The first-order chi connectivity index (χ1) is 37.7. The number of benzene rings is 7. The second-order valence-electron chi connectivity index (χ2n) is 18.0. The molecule has 300 valence electrons. The maximum atomic E-state index is 10.3. The highest BCUT2D eigenvalue weighted by Gasteiger charge is 2.34. The van der Waals surface area contributed by atoms with Crippen molar-refractivity contribution in [3.8, 4) is 5.69 Å². The normalized spacial score (nSPS) is 18.4. The fourth-order valence-electron chi connectivity index (χ4n) is 7.38. The number of hydrogen-bond acceptors (Lipinski definition) is 3. The van der Waals surface area contributed by atoms with Crippen molar-refractivity contribution in [1.82, 2.24) is 4.57 Å². The van der Waals surface area contributed by atoms with Crippen molar-refractivity contribution in [1.29, 1.82) is 0 Å². The number of halogens is 1. The van der Waals surface area contributed by atoms with Crippen LogP contribution in [0.2, 0.25) is 5.02 Å². The van der Waals surface area contributed by atoms with Crippen molar-refractivity contribution in [3.63, 3.8) is 0 Å². The molecule has 0 fully saturated rings. The number of furan rings is 1. The quantitative estimate of drug-likeness (QED) is 0.177. The van der Waals surface area contributed by atoms with Crippen LogP contribution in [0.4, 0.5) is 34.1 Å². The smallest absolute Gasteiger partial charge is 0.159 e. The second-order valence-corrected chi connectivity index (χ2v) is 18.3. The number of para-hydroxylation sites is 4. The molecule has 9 aromatic rings. The first kappa shape index (κ1) is 21.0. The molecule has 0 saturated carbocycles. The largest absolute Gasteiger partial charge is 0.454 e. The number of nitrogens with zero attached hydrogens (tertiary/aromatic N) is 3. The van der Waals surface area contributed by atoms with Crippen LogP contribution in [-0.4, -0.2) is 4.57 Å². The van der Waals surface area contributed by atoms with E-state index in [-0.39, 0.29) is 67.9 Å². The summed E-state index contributed by atoms with van der Waals surface area (Å²) in [4.78, 5) is 1.90. The number of hydrogen-bond donors (Lipinski definition) is 0. The third-order valence-electron chi connectivity index (χ3n) is 10.5. The summed E-state index contributed by atoms with van der Waals surface area (Å²) in [6.07, 6.45) is 0. The van der Waals surface area contributed by atoms with E-state index in [1.165, 1.54) is 11.5 Å². The van der Waals surface area contributed by atoms with Crippen molar-refractivity contribution in [3.05, 3.63) is 160 Å². The van der Waals surface area contributed by atoms with Crippen molar-refractivity contribution in [2.24, 2.45) is 0 Å². The summed E-state index contributed by atoms with van der Waals surface area (Å²) in [6, 6.07) is -14.6. The third-order valence-corrected chi connectivity index (χ3v) is 10.8. The average molecular weight is 829 g/mol.